The lowest BCUT2D eigenvalue weighted by Gasteiger charge is -2.31. The Bertz CT molecular complexity index is 752. The third-order valence-corrected chi connectivity index (χ3v) is 7.15. The second-order valence-electron chi connectivity index (χ2n) is 7.71. The lowest BCUT2D eigenvalue weighted by Crippen LogP contribution is -2.44. The van der Waals surface area contributed by atoms with Gasteiger partial charge in [-0.05, 0) is 56.5 Å². The van der Waals surface area contributed by atoms with Crippen molar-refractivity contribution in [1.29, 1.82) is 0 Å². The number of ether oxygens (including phenoxy) is 1. The van der Waals surface area contributed by atoms with E-state index in [9.17, 15) is 13.2 Å². The first-order valence-electron chi connectivity index (χ1n) is 9.99. The minimum atomic E-state index is -3.17. The molecular weight excluding hydrogens is 378 g/mol. The van der Waals surface area contributed by atoms with Crippen molar-refractivity contribution in [2.24, 2.45) is 5.92 Å². The van der Waals surface area contributed by atoms with Crippen molar-refractivity contribution in [3.8, 4) is 5.75 Å². The minimum absolute atomic E-state index is 0.0332. The molecule has 1 atom stereocenters. The van der Waals surface area contributed by atoms with Crippen molar-refractivity contribution in [1.82, 2.24) is 14.5 Å². The van der Waals surface area contributed by atoms with Gasteiger partial charge in [0.15, 0.2) is 0 Å². The minimum Gasteiger partial charge on any atom is -0.497 e. The summed E-state index contributed by atoms with van der Waals surface area (Å²) in [4.78, 5) is 15.1. The molecule has 0 spiro atoms. The first-order chi connectivity index (χ1) is 13.4. The van der Waals surface area contributed by atoms with Crippen molar-refractivity contribution in [2.45, 2.75) is 31.7 Å². The van der Waals surface area contributed by atoms with E-state index in [-0.39, 0.29) is 17.9 Å². The average Bonchev–Trinajstić information content (AvgIpc) is 3.22. The van der Waals surface area contributed by atoms with Crippen LogP contribution in [0, 0.1) is 5.92 Å². The molecule has 0 saturated carbocycles. The zero-order valence-corrected chi connectivity index (χ0v) is 17.6. The summed E-state index contributed by atoms with van der Waals surface area (Å²) in [6.07, 6.45) is 4.75. The first kappa shape index (κ1) is 21.1. The van der Waals surface area contributed by atoms with Crippen LogP contribution < -0.4 is 10.1 Å². The predicted octanol–water partition coefficient (Wildman–Crippen LogP) is 1.62. The standard InChI is InChI=1S/C20H31N3O4S/c1-27-18-7-5-16(6-8-18)19(22-11-3-4-12-22)15-21-20(24)17-9-13-23(14-10-17)28(2,25)26/h5-8,17,19H,3-4,9-15H2,1-2H3,(H,21,24). The van der Waals surface area contributed by atoms with E-state index in [2.05, 4.69) is 22.3 Å². The van der Waals surface area contributed by atoms with Gasteiger partial charge < -0.3 is 10.1 Å². The maximum atomic E-state index is 12.7. The topological polar surface area (TPSA) is 79.0 Å². The van der Waals surface area contributed by atoms with Crippen LogP contribution in [-0.2, 0) is 14.8 Å². The number of carbonyl (C=O) groups excluding carboxylic acids is 1. The fourth-order valence-corrected chi connectivity index (χ4v) is 5.00. The summed E-state index contributed by atoms with van der Waals surface area (Å²) in [7, 11) is -1.51. The maximum absolute atomic E-state index is 12.7. The lowest BCUT2D eigenvalue weighted by atomic mass is 9.97. The fourth-order valence-electron chi connectivity index (χ4n) is 4.13. The van der Waals surface area contributed by atoms with E-state index < -0.39 is 10.0 Å². The highest BCUT2D eigenvalue weighted by atomic mass is 32.2. The highest BCUT2D eigenvalue weighted by Crippen LogP contribution is 2.27. The number of nitrogens with zero attached hydrogens (tertiary/aromatic N) is 2. The normalized spacial score (nSPS) is 20.8. The van der Waals surface area contributed by atoms with Crippen LogP contribution in [-0.4, -0.2) is 69.6 Å². The van der Waals surface area contributed by atoms with Gasteiger partial charge in [-0.25, -0.2) is 12.7 Å². The van der Waals surface area contributed by atoms with Crippen LogP contribution in [0.5, 0.6) is 5.75 Å². The molecule has 2 heterocycles. The molecule has 1 aromatic rings. The lowest BCUT2D eigenvalue weighted by molar-refractivity contribution is -0.126. The van der Waals surface area contributed by atoms with Gasteiger partial charge in [-0.15, -0.1) is 0 Å². The Hall–Kier alpha value is -1.64. The van der Waals surface area contributed by atoms with E-state index in [1.165, 1.54) is 29.0 Å². The summed E-state index contributed by atoms with van der Waals surface area (Å²) in [5.74, 6) is 0.740. The van der Waals surface area contributed by atoms with Crippen molar-refractivity contribution in [3.05, 3.63) is 29.8 Å². The molecular formula is C20H31N3O4S. The van der Waals surface area contributed by atoms with Crippen LogP contribution in [0.25, 0.3) is 0 Å². The second-order valence-corrected chi connectivity index (χ2v) is 9.70. The number of benzene rings is 1. The number of amides is 1. The fraction of sp³-hybridized carbons (Fsp3) is 0.650. The summed E-state index contributed by atoms with van der Waals surface area (Å²) < 4.78 is 30.0. The molecule has 2 aliphatic heterocycles. The molecule has 2 aliphatic rings. The van der Waals surface area contributed by atoms with E-state index in [1.807, 2.05) is 12.1 Å². The van der Waals surface area contributed by atoms with E-state index in [1.54, 1.807) is 7.11 Å². The van der Waals surface area contributed by atoms with Crippen LogP contribution in [0.2, 0.25) is 0 Å². The average molecular weight is 410 g/mol. The van der Waals surface area contributed by atoms with Crippen molar-refractivity contribution in [3.63, 3.8) is 0 Å². The molecule has 1 unspecified atom stereocenters. The van der Waals surface area contributed by atoms with E-state index in [0.717, 1.165) is 18.8 Å². The van der Waals surface area contributed by atoms with Gasteiger partial charge in [-0.2, -0.15) is 0 Å². The molecule has 8 heteroatoms. The molecule has 1 aromatic carbocycles. The van der Waals surface area contributed by atoms with Gasteiger partial charge in [0, 0.05) is 25.6 Å². The Balaban J connectivity index is 1.59. The van der Waals surface area contributed by atoms with Crippen LogP contribution >= 0.6 is 0 Å². The number of methoxy groups -OCH3 is 1. The predicted molar refractivity (Wildman–Crippen MR) is 109 cm³/mol. The zero-order valence-electron chi connectivity index (χ0n) is 16.8. The Morgan fingerprint density at radius 3 is 2.29 bits per heavy atom. The van der Waals surface area contributed by atoms with Crippen molar-refractivity contribution >= 4 is 15.9 Å². The quantitative estimate of drug-likeness (QED) is 0.740. The summed E-state index contributed by atoms with van der Waals surface area (Å²) in [5.41, 5.74) is 1.18. The summed E-state index contributed by atoms with van der Waals surface area (Å²) >= 11 is 0. The van der Waals surface area contributed by atoms with Gasteiger partial charge in [-0.3, -0.25) is 9.69 Å². The van der Waals surface area contributed by atoms with Gasteiger partial charge in [0.25, 0.3) is 0 Å². The molecule has 0 bridgehead atoms. The second kappa shape index (κ2) is 9.24. The Kier molecular flexibility index (Phi) is 6.95. The number of sulfonamides is 1. The van der Waals surface area contributed by atoms with E-state index in [4.69, 9.17) is 4.74 Å². The smallest absolute Gasteiger partial charge is 0.223 e. The summed E-state index contributed by atoms with van der Waals surface area (Å²) in [5, 5.41) is 3.13. The van der Waals surface area contributed by atoms with Crippen molar-refractivity contribution < 1.29 is 17.9 Å². The number of rotatable bonds is 7. The molecule has 2 fully saturated rings. The largest absolute Gasteiger partial charge is 0.497 e. The number of nitrogens with one attached hydrogen (secondary N) is 1. The Morgan fingerprint density at radius 2 is 1.75 bits per heavy atom. The highest BCUT2D eigenvalue weighted by Gasteiger charge is 2.30. The van der Waals surface area contributed by atoms with Gasteiger partial charge in [-0.1, -0.05) is 12.1 Å². The number of hydrogen-bond donors (Lipinski definition) is 1. The SMILES string of the molecule is COc1ccc(C(CNC(=O)C2CCN(S(C)(=O)=O)CC2)N2CCCC2)cc1. The molecule has 1 amide bonds. The third kappa shape index (κ3) is 5.24. The monoisotopic (exact) mass is 409 g/mol. The van der Waals surface area contributed by atoms with Crippen LogP contribution in [0.15, 0.2) is 24.3 Å². The van der Waals surface area contributed by atoms with Gasteiger partial charge >= 0.3 is 0 Å². The highest BCUT2D eigenvalue weighted by molar-refractivity contribution is 7.88. The van der Waals surface area contributed by atoms with Crippen molar-refractivity contribution in [2.75, 3.05) is 46.1 Å². The molecule has 7 nitrogen and oxygen atoms in total. The number of carbonyl (C=O) groups is 1. The van der Waals surface area contributed by atoms with Gasteiger partial charge in [0.1, 0.15) is 5.75 Å². The molecule has 3 rings (SSSR count). The third-order valence-electron chi connectivity index (χ3n) is 5.85. The number of piperidine rings is 1. The van der Waals surface area contributed by atoms with Crippen LogP contribution in [0.3, 0.4) is 0 Å². The molecule has 156 valence electrons. The molecule has 0 aliphatic carbocycles. The number of hydrogen-bond acceptors (Lipinski definition) is 5. The number of likely N-dealkylation sites (tertiary alicyclic amines) is 1. The molecule has 2 saturated heterocycles. The van der Waals surface area contributed by atoms with E-state index >= 15 is 0 Å². The first-order valence-corrected chi connectivity index (χ1v) is 11.8. The maximum Gasteiger partial charge on any atom is 0.223 e. The van der Waals surface area contributed by atoms with Gasteiger partial charge in [0.05, 0.1) is 19.4 Å². The molecule has 28 heavy (non-hydrogen) atoms. The Labute approximate surface area is 168 Å². The molecule has 1 N–H and O–H groups in total. The van der Waals surface area contributed by atoms with Gasteiger partial charge in [0.2, 0.25) is 15.9 Å². The van der Waals surface area contributed by atoms with Crippen LogP contribution in [0.1, 0.15) is 37.3 Å². The summed E-state index contributed by atoms with van der Waals surface area (Å²) in [6, 6.07) is 8.20. The zero-order chi connectivity index (χ0) is 20.1. The molecule has 0 radical (unpaired) electrons. The molecule has 0 aromatic heterocycles. The summed E-state index contributed by atoms with van der Waals surface area (Å²) in [6.45, 7) is 3.49. The van der Waals surface area contributed by atoms with E-state index in [0.29, 0.717) is 32.5 Å². The van der Waals surface area contributed by atoms with Crippen LogP contribution in [0.4, 0.5) is 0 Å². The Morgan fingerprint density at radius 1 is 1.14 bits per heavy atom.